The second kappa shape index (κ2) is 7.11. The Morgan fingerprint density at radius 3 is 2.75 bits per heavy atom. The molecular formula is C18H14N4O2. The van der Waals surface area contributed by atoms with E-state index in [0.717, 1.165) is 11.3 Å². The Morgan fingerprint density at radius 1 is 1.17 bits per heavy atom. The smallest absolute Gasteiger partial charge is 0.252 e. The first kappa shape index (κ1) is 15.3. The van der Waals surface area contributed by atoms with Crippen LogP contribution >= 0.6 is 0 Å². The van der Waals surface area contributed by atoms with E-state index < -0.39 is 0 Å². The summed E-state index contributed by atoms with van der Waals surface area (Å²) in [6, 6.07) is 19.0. The second-order valence-electron chi connectivity index (χ2n) is 4.88. The summed E-state index contributed by atoms with van der Waals surface area (Å²) >= 11 is 0. The van der Waals surface area contributed by atoms with E-state index >= 15 is 0 Å². The molecule has 3 aromatic rings. The van der Waals surface area contributed by atoms with Crippen LogP contribution in [0.1, 0.15) is 17.1 Å². The predicted molar refractivity (Wildman–Crippen MR) is 90.1 cm³/mol. The van der Waals surface area contributed by atoms with Crippen LogP contribution < -0.4 is 10.2 Å². The van der Waals surface area contributed by atoms with E-state index in [0.29, 0.717) is 11.6 Å². The number of benzene rings is 2. The highest BCUT2D eigenvalue weighted by molar-refractivity contribution is 5.80. The van der Waals surface area contributed by atoms with Crippen LogP contribution in [0.5, 0.6) is 11.5 Å². The molecule has 6 nitrogen and oxygen atoms in total. The van der Waals surface area contributed by atoms with Gasteiger partial charge >= 0.3 is 0 Å². The Kier molecular flexibility index (Phi) is 4.54. The van der Waals surface area contributed by atoms with Gasteiger partial charge in [-0.05, 0) is 29.8 Å². The SMILES string of the molecule is Cc1nc(C#N)c(N/N=C/c2cccc(Oc3ccccc3)c2)o1. The van der Waals surface area contributed by atoms with Crippen molar-refractivity contribution >= 4 is 12.1 Å². The number of para-hydroxylation sites is 1. The second-order valence-corrected chi connectivity index (χ2v) is 4.88. The molecule has 0 aliphatic carbocycles. The molecule has 0 unspecified atom stereocenters. The third-order valence-electron chi connectivity index (χ3n) is 3.06. The van der Waals surface area contributed by atoms with Gasteiger partial charge < -0.3 is 9.15 Å². The van der Waals surface area contributed by atoms with Crippen molar-refractivity contribution in [3.05, 3.63) is 71.7 Å². The highest BCUT2D eigenvalue weighted by Gasteiger charge is 2.08. The number of hydrazone groups is 1. The topological polar surface area (TPSA) is 83.4 Å². The van der Waals surface area contributed by atoms with Gasteiger partial charge in [0.2, 0.25) is 5.69 Å². The Bertz CT molecular complexity index is 895. The fourth-order valence-corrected chi connectivity index (χ4v) is 2.03. The number of nitrogens with zero attached hydrogens (tertiary/aromatic N) is 3. The zero-order valence-electron chi connectivity index (χ0n) is 12.9. The summed E-state index contributed by atoms with van der Waals surface area (Å²) in [6.45, 7) is 1.67. The van der Waals surface area contributed by atoms with Crippen LogP contribution in [0, 0.1) is 18.3 Å². The molecule has 0 aliphatic heterocycles. The van der Waals surface area contributed by atoms with Gasteiger partial charge in [0.25, 0.3) is 5.88 Å². The third kappa shape index (κ3) is 3.78. The van der Waals surface area contributed by atoms with Gasteiger partial charge in [0.05, 0.1) is 6.21 Å². The summed E-state index contributed by atoms with van der Waals surface area (Å²) in [6.07, 6.45) is 1.61. The molecule has 1 aromatic heterocycles. The summed E-state index contributed by atoms with van der Waals surface area (Å²) in [5, 5.41) is 13.0. The number of oxazole rings is 1. The summed E-state index contributed by atoms with van der Waals surface area (Å²) in [5.74, 6) is 2.10. The lowest BCUT2D eigenvalue weighted by Gasteiger charge is -2.05. The molecule has 24 heavy (non-hydrogen) atoms. The molecule has 6 heteroatoms. The molecule has 118 valence electrons. The predicted octanol–water partition coefficient (Wildman–Crippen LogP) is 4.09. The van der Waals surface area contributed by atoms with Crippen molar-refractivity contribution in [2.24, 2.45) is 5.10 Å². The van der Waals surface area contributed by atoms with Crippen molar-refractivity contribution in [3.63, 3.8) is 0 Å². The number of nitriles is 1. The average molecular weight is 318 g/mol. The molecule has 0 spiro atoms. The number of ether oxygens (including phenoxy) is 1. The van der Waals surface area contributed by atoms with Gasteiger partial charge in [-0.25, -0.2) is 10.4 Å². The quantitative estimate of drug-likeness (QED) is 0.566. The maximum absolute atomic E-state index is 8.94. The van der Waals surface area contributed by atoms with E-state index in [1.165, 1.54) is 0 Å². The van der Waals surface area contributed by atoms with Crippen molar-refractivity contribution in [2.45, 2.75) is 6.92 Å². The average Bonchev–Trinajstić information content (AvgIpc) is 2.96. The molecule has 1 heterocycles. The van der Waals surface area contributed by atoms with Crippen LogP contribution in [0.4, 0.5) is 5.88 Å². The fraction of sp³-hybridized carbons (Fsp3) is 0.0556. The monoisotopic (exact) mass is 318 g/mol. The van der Waals surface area contributed by atoms with Crippen LogP contribution in [0.2, 0.25) is 0 Å². The van der Waals surface area contributed by atoms with Crippen molar-refractivity contribution in [3.8, 4) is 17.6 Å². The molecule has 1 N–H and O–H groups in total. The van der Waals surface area contributed by atoms with E-state index in [9.17, 15) is 0 Å². The van der Waals surface area contributed by atoms with Crippen LogP contribution in [-0.2, 0) is 0 Å². The normalized spacial score (nSPS) is 10.5. The molecule has 0 atom stereocenters. The van der Waals surface area contributed by atoms with E-state index in [1.54, 1.807) is 13.1 Å². The molecule has 0 bridgehead atoms. The fourth-order valence-electron chi connectivity index (χ4n) is 2.03. The Morgan fingerprint density at radius 2 is 1.96 bits per heavy atom. The third-order valence-corrected chi connectivity index (χ3v) is 3.06. The molecule has 2 aromatic carbocycles. The van der Waals surface area contributed by atoms with Gasteiger partial charge in [-0.2, -0.15) is 10.4 Å². The van der Waals surface area contributed by atoms with Gasteiger partial charge in [-0.1, -0.05) is 30.3 Å². The van der Waals surface area contributed by atoms with E-state index in [-0.39, 0.29) is 11.6 Å². The number of aryl methyl sites for hydroxylation is 1. The van der Waals surface area contributed by atoms with Crippen molar-refractivity contribution in [1.82, 2.24) is 4.98 Å². The first-order valence-corrected chi connectivity index (χ1v) is 7.24. The first-order valence-electron chi connectivity index (χ1n) is 7.24. The molecule has 0 saturated carbocycles. The zero-order valence-corrected chi connectivity index (χ0v) is 12.9. The minimum Gasteiger partial charge on any atom is -0.457 e. The van der Waals surface area contributed by atoms with Crippen LogP contribution in [-0.4, -0.2) is 11.2 Å². The Balaban J connectivity index is 1.69. The molecular weight excluding hydrogens is 304 g/mol. The standard InChI is InChI=1S/C18H14N4O2/c1-13-21-17(11-19)18(23-13)22-20-12-14-6-5-9-16(10-14)24-15-7-3-2-4-8-15/h2-10,12,22H,1H3/b20-12+. The van der Waals surface area contributed by atoms with Crippen LogP contribution in [0.3, 0.4) is 0 Å². The maximum atomic E-state index is 8.94. The van der Waals surface area contributed by atoms with Crippen molar-refractivity contribution < 1.29 is 9.15 Å². The number of aromatic nitrogens is 1. The lowest BCUT2D eigenvalue weighted by Crippen LogP contribution is -1.92. The van der Waals surface area contributed by atoms with E-state index in [4.69, 9.17) is 14.4 Å². The largest absolute Gasteiger partial charge is 0.457 e. The molecule has 3 rings (SSSR count). The Labute approximate surface area is 139 Å². The van der Waals surface area contributed by atoms with Gasteiger partial charge in [0.1, 0.15) is 17.6 Å². The van der Waals surface area contributed by atoms with Crippen molar-refractivity contribution in [1.29, 1.82) is 5.26 Å². The number of rotatable bonds is 5. The maximum Gasteiger partial charge on any atom is 0.252 e. The van der Waals surface area contributed by atoms with Gasteiger partial charge in [0, 0.05) is 6.92 Å². The van der Waals surface area contributed by atoms with E-state index in [2.05, 4.69) is 15.5 Å². The molecule has 0 radical (unpaired) electrons. The van der Waals surface area contributed by atoms with Gasteiger partial charge in [-0.15, -0.1) is 0 Å². The van der Waals surface area contributed by atoms with Crippen LogP contribution in [0.15, 0.2) is 64.1 Å². The minimum absolute atomic E-state index is 0.172. The van der Waals surface area contributed by atoms with Gasteiger partial charge in [-0.3, -0.25) is 0 Å². The highest BCUT2D eigenvalue weighted by atomic mass is 16.5. The number of nitrogens with one attached hydrogen (secondary N) is 1. The molecule has 0 saturated heterocycles. The number of anilines is 1. The first-order chi connectivity index (χ1) is 11.7. The van der Waals surface area contributed by atoms with Crippen molar-refractivity contribution in [2.75, 3.05) is 5.43 Å². The number of hydrogen-bond acceptors (Lipinski definition) is 6. The lowest BCUT2D eigenvalue weighted by molar-refractivity contribution is 0.482. The highest BCUT2D eigenvalue weighted by Crippen LogP contribution is 2.21. The summed E-state index contributed by atoms with van der Waals surface area (Å²) in [4.78, 5) is 3.93. The summed E-state index contributed by atoms with van der Waals surface area (Å²) < 4.78 is 11.0. The molecule has 0 fully saturated rings. The van der Waals surface area contributed by atoms with E-state index in [1.807, 2.05) is 60.7 Å². The summed E-state index contributed by atoms with van der Waals surface area (Å²) in [7, 11) is 0. The molecule has 0 amide bonds. The minimum atomic E-state index is 0.172. The summed E-state index contributed by atoms with van der Waals surface area (Å²) in [5.41, 5.74) is 3.69. The van der Waals surface area contributed by atoms with Crippen LogP contribution in [0.25, 0.3) is 0 Å². The lowest BCUT2D eigenvalue weighted by atomic mass is 10.2. The zero-order chi connectivity index (χ0) is 16.8. The number of hydrogen-bond donors (Lipinski definition) is 1. The molecule has 0 aliphatic rings. The Hall–Kier alpha value is -3.59. The van der Waals surface area contributed by atoms with Gasteiger partial charge in [0.15, 0.2) is 5.89 Å².